The van der Waals surface area contributed by atoms with Gasteiger partial charge < -0.3 is 25.3 Å². The van der Waals surface area contributed by atoms with E-state index >= 15 is 0 Å². The van der Waals surface area contributed by atoms with Gasteiger partial charge >= 0.3 is 5.97 Å². The van der Waals surface area contributed by atoms with Crippen molar-refractivity contribution in [2.24, 2.45) is 0 Å². The smallest absolute Gasteiger partial charge is 0.308 e. The Morgan fingerprint density at radius 3 is 2.57 bits per heavy atom. The lowest BCUT2D eigenvalue weighted by Crippen LogP contribution is -2.45. The van der Waals surface area contributed by atoms with Crippen molar-refractivity contribution in [2.75, 3.05) is 17.7 Å². The van der Waals surface area contributed by atoms with E-state index in [1.165, 1.54) is 13.1 Å². The first kappa shape index (κ1) is 25.7. The third kappa shape index (κ3) is 5.40. The summed E-state index contributed by atoms with van der Waals surface area (Å²) in [7, 11) is 0. The molecule has 0 aliphatic carbocycles. The van der Waals surface area contributed by atoms with Crippen molar-refractivity contribution >= 4 is 29.2 Å². The van der Waals surface area contributed by atoms with Crippen LogP contribution in [0.25, 0.3) is 0 Å². The molecule has 4 rings (SSSR count). The second kappa shape index (κ2) is 9.93. The van der Waals surface area contributed by atoms with Crippen LogP contribution in [-0.4, -0.2) is 34.9 Å². The van der Waals surface area contributed by atoms with Crippen molar-refractivity contribution < 1.29 is 28.6 Å². The molecule has 1 amide bonds. The van der Waals surface area contributed by atoms with Crippen LogP contribution >= 0.6 is 0 Å². The molecule has 2 aromatic carbocycles. The van der Waals surface area contributed by atoms with Gasteiger partial charge in [0.15, 0.2) is 5.78 Å². The van der Waals surface area contributed by atoms with E-state index in [9.17, 15) is 14.4 Å². The molecule has 37 heavy (non-hydrogen) atoms. The van der Waals surface area contributed by atoms with Crippen LogP contribution in [-0.2, 0) is 4.79 Å². The van der Waals surface area contributed by atoms with E-state index in [0.29, 0.717) is 45.4 Å². The monoisotopic (exact) mass is 503 g/mol. The maximum atomic E-state index is 13.2. The average Bonchev–Trinajstić information content (AvgIpc) is 2.84. The fraction of sp³-hybridized carbons (Fsp3) is 0.286. The van der Waals surface area contributed by atoms with Crippen molar-refractivity contribution in [3.05, 3.63) is 70.4 Å². The molecule has 0 spiro atoms. The summed E-state index contributed by atoms with van der Waals surface area (Å²) in [5.74, 6) is 0.822. The third-order valence-electron chi connectivity index (χ3n) is 6.28. The van der Waals surface area contributed by atoms with Crippen molar-refractivity contribution in [1.29, 1.82) is 0 Å². The summed E-state index contributed by atoms with van der Waals surface area (Å²) < 4.78 is 17.7. The normalized spacial score (nSPS) is 16.4. The molecule has 0 saturated carbocycles. The summed E-state index contributed by atoms with van der Waals surface area (Å²) in [5, 5.41) is 2.80. The fourth-order valence-corrected chi connectivity index (χ4v) is 4.29. The number of carbonyl (C=O) groups is 3. The number of nitrogens with zero attached hydrogens (tertiary/aromatic N) is 1. The van der Waals surface area contributed by atoms with E-state index in [2.05, 4.69) is 10.3 Å². The number of carbonyl (C=O) groups excluding carboxylic acids is 3. The van der Waals surface area contributed by atoms with Crippen LogP contribution in [0.15, 0.2) is 42.6 Å². The molecular weight excluding hydrogens is 474 g/mol. The summed E-state index contributed by atoms with van der Waals surface area (Å²) in [5.41, 5.74) is 8.05. The molecule has 0 radical (unpaired) electrons. The predicted molar refractivity (Wildman–Crippen MR) is 138 cm³/mol. The SMILES string of the molecule is CC(=O)Oc1c(C)c(C)c2c(c1C)C(=O)CC(C)(COc1cccc(NC(=O)c3ccc(N)nc3)c1)O2. The molecule has 1 aliphatic rings. The highest BCUT2D eigenvalue weighted by molar-refractivity contribution is 6.04. The van der Waals surface area contributed by atoms with Crippen LogP contribution in [0, 0.1) is 20.8 Å². The minimum absolute atomic E-state index is 0.0867. The number of pyridine rings is 1. The first-order chi connectivity index (χ1) is 17.5. The van der Waals surface area contributed by atoms with Gasteiger partial charge in [-0.25, -0.2) is 4.98 Å². The molecule has 9 heteroatoms. The molecule has 1 unspecified atom stereocenters. The fourth-order valence-electron chi connectivity index (χ4n) is 4.29. The number of anilines is 2. The summed E-state index contributed by atoms with van der Waals surface area (Å²) in [6.45, 7) is 8.67. The summed E-state index contributed by atoms with van der Waals surface area (Å²) >= 11 is 0. The van der Waals surface area contributed by atoms with Crippen LogP contribution in [0.2, 0.25) is 0 Å². The highest BCUT2D eigenvalue weighted by Crippen LogP contribution is 2.44. The van der Waals surface area contributed by atoms with Gasteiger partial charge in [-0.3, -0.25) is 14.4 Å². The number of rotatable bonds is 6. The highest BCUT2D eigenvalue weighted by Gasteiger charge is 2.40. The molecule has 9 nitrogen and oxygen atoms in total. The van der Waals surface area contributed by atoms with Crippen molar-refractivity contribution in [1.82, 2.24) is 4.98 Å². The van der Waals surface area contributed by atoms with Gasteiger partial charge in [0, 0.05) is 30.4 Å². The first-order valence-electron chi connectivity index (χ1n) is 11.8. The van der Waals surface area contributed by atoms with Gasteiger partial charge in [0.25, 0.3) is 5.91 Å². The second-order valence-electron chi connectivity index (χ2n) is 9.40. The number of esters is 1. The number of benzene rings is 2. The number of aromatic nitrogens is 1. The molecule has 3 N–H and O–H groups in total. The Labute approximate surface area is 214 Å². The van der Waals surface area contributed by atoms with Crippen LogP contribution in [0.5, 0.6) is 17.2 Å². The Morgan fingerprint density at radius 1 is 1.14 bits per heavy atom. The van der Waals surface area contributed by atoms with Crippen molar-refractivity contribution in [3.63, 3.8) is 0 Å². The van der Waals surface area contributed by atoms with E-state index in [-0.39, 0.29) is 24.7 Å². The number of nitrogen functional groups attached to an aromatic ring is 1. The predicted octanol–water partition coefficient (Wildman–Crippen LogP) is 4.57. The van der Waals surface area contributed by atoms with Crippen LogP contribution in [0.1, 0.15) is 57.7 Å². The zero-order chi connectivity index (χ0) is 26.9. The quantitative estimate of drug-likeness (QED) is 0.370. The number of Topliss-reactive ketones (excluding diaryl/α,β-unsaturated/α-hetero) is 1. The topological polar surface area (TPSA) is 130 Å². The van der Waals surface area contributed by atoms with Crippen LogP contribution in [0.4, 0.5) is 11.5 Å². The van der Waals surface area contributed by atoms with Gasteiger partial charge in [0.05, 0.1) is 17.5 Å². The van der Waals surface area contributed by atoms with E-state index in [1.807, 2.05) is 20.8 Å². The molecular formula is C28H29N3O6. The first-order valence-corrected chi connectivity index (χ1v) is 11.8. The number of fused-ring (bicyclic) bond motifs is 1. The van der Waals surface area contributed by atoms with Crippen LogP contribution < -0.4 is 25.3 Å². The number of amides is 1. The minimum atomic E-state index is -0.925. The standard InChI is InChI=1S/C28H29N3O6/c1-15-16(2)26-24(17(3)25(15)36-18(4)32)22(33)12-28(5,37-26)14-35-21-8-6-7-20(11-21)31-27(34)19-9-10-23(29)30-13-19/h6-11,13H,12,14H2,1-5H3,(H2,29,30)(H,31,34). The van der Waals surface area contributed by atoms with Gasteiger partial charge in [-0.05, 0) is 63.1 Å². The molecule has 1 aromatic heterocycles. The molecule has 0 fully saturated rings. The van der Waals surface area contributed by atoms with Crippen LogP contribution in [0.3, 0.4) is 0 Å². The van der Waals surface area contributed by atoms with Gasteiger partial charge in [-0.2, -0.15) is 0 Å². The van der Waals surface area contributed by atoms with E-state index in [0.717, 1.165) is 11.1 Å². The Kier molecular flexibility index (Phi) is 6.89. The number of ether oxygens (including phenoxy) is 3. The number of nitrogens with two attached hydrogens (primary N) is 1. The van der Waals surface area contributed by atoms with E-state index in [4.69, 9.17) is 19.9 Å². The van der Waals surface area contributed by atoms with Gasteiger partial charge in [-0.1, -0.05) is 6.07 Å². The molecule has 2 heterocycles. The lowest BCUT2D eigenvalue weighted by atomic mass is 9.86. The Hall–Kier alpha value is -4.40. The summed E-state index contributed by atoms with van der Waals surface area (Å²) in [6, 6.07) is 10.1. The maximum Gasteiger partial charge on any atom is 0.308 e. The highest BCUT2D eigenvalue weighted by atomic mass is 16.5. The number of hydrogen-bond acceptors (Lipinski definition) is 8. The lowest BCUT2D eigenvalue weighted by molar-refractivity contribution is -0.132. The molecule has 3 aromatic rings. The Morgan fingerprint density at radius 2 is 1.89 bits per heavy atom. The Balaban J connectivity index is 1.50. The zero-order valence-electron chi connectivity index (χ0n) is 21.4. The molecule has 0 bridgehead atoms. The van der Waals surface area contributed by atoms with Gasteiger partial charge in [0.2, 0.25) is 0 Å². The molecule has 0 saturated heterocycles. The minimum Gasteiger partial charge on any atom is -0.489 e. The second-order valence-corrected chi connectivity index (χ2v) is 9.40. The lowest BCUT2D eigenvalue weighted by Gasteiger charge is -2.36. The van der Waals surface area contributed by atoms with Gasteiger partial charge in [-0.15, -0.1) is 0 Å². The molecule has 192 valence electrons. The maximum absolute atomic E-state index is 13.2. The Bertz CT molecular complexity index is 1400. The largest absolute Gasteiger partial charge is 0.489 e. The molecule has 1 atom stereocenters. The summed E-state index contributed by atoms with van der Waals surface area (Å²) in [6.07, 6.45) is 1.49. The number of nitrogens with one attached hydrogen (secondary N) is 1. The summed E-state index contributed by atoms with van der Waals surface area (Å²) in [4.78, 5) is 41.2. The average molecular weight is 504 g/mol. The molecule has 1 aliphatic heterocycles. The van der Waals surface area contributed by atoms with Crippen molar-refractivity contribution in [2.45, 2.75) is 46.6 Å². The third-order valence-corrected chi connectivity index (χ3v) is 6.28. The van der Waals surface area contributed by atoms with Gasteiger partial charge in [0.1, 0.15) is 35.3 Å². The zero-order valence-corrected chi connectivity index (χ0v) is 21.4. The van der Waals surface area contributed by atoms with E-state index < -0.39 is 11.6 Å². The van der Waals surface area contributed by atoms with E-state index in [1.54, 1.807) is 43.3 Å². The van der Waals surface area contributed by atoms with Crippen molar-refractivity contribution in [3.8, 4) is 17.2 Å². The number of ketones is 1. The number of hydrogen-bond donors (Lipinski definition) is 2.